The minimum absolute atomic E-state index is 0.187. The first-order valence-electron chi connectivity index (χ1n) is 6.51. The van der Waals surface area contributed by atoms with Crippen molar-refractivity contribution in [2.24, 2.45) is 0 Å². The van der Waals surface area contributed by atoms with Crippen molar-refractivity contribution in [1.82, 2.24) is 9.97 Å². The number of rotatable bonds is 5. The molecule has 0 saturated heterocycles. The molecule has 2 N–H and O–H groups in total. The van der Waals surface area contributed by atoms with Crippen LogP contribution in [-0.4, -0.2) is 16.5 Å². The Labute approximate surface area is 120 Å². The molecule has 0 bridgehead atoms. The number of hydrogen-bond acceptors (Lipinski definition) is 4. The summed E-state index contributed by atoms with van der Waals surface area (Å²) in [4.78, 5) is 8.32. The molecule has 0 unspecified atom stereocenters. The van der Waals surface area contributed by atoms with E-state index in [4.69, 9.17) is 0 Å². The summed E-state index contributed by atoms with van der Waals surface area (Å²) in [7, 11) is 0. The van der Waals surface area contributed by atoms with Gasteiger partial charge >= 0.3 is 0 Å². The Balaban J connectivity index is 2.27. The molecule has 112 valence electrons. The van der Waals surface area contributed by atoms with E-state index in [2.05, 4.69) is 20.6 Å². The summed E-state index contributed by atoms with van der Waals surface area (Å²) in [5.41, 5.74) is 0.475. The average molecular weight is 296 g/mol. The fraction of sp³-hybridized carbons (Fsp3) is 0.286. The predicted molar refractivity (Wildman–Crippen MR) is 75.1 cm³/mol. The highest BCUT2D eigenvalue weighted by molar-refractivity contribution is 5.58. The monoisotopic (exact) mass is 296 g/mol. The van der Waals surface area contributed by atoms with Gasteiger partial charge in [0.15, 0.2) is 17.5 Å². The smallest absolute Gasteiger partial charge is 0.224 e. The van der Waals surface area contributed by atoms with Gasteiger partial charge in [0.25, 0.3) is 0 Å². The first kappa shape index (κ1) is 15.1. The number of nitrogens with one attached hydrogen (secondary N) is 2. The third-order valence-corrected chi connectivity index (χ3v) is 2.69. The van der Waals surface area contributed by atoms with Gasteiger partial charge in [0, 0.05) is 18.3 Å². The third-order valence-electron chi connectivity index (χ3n) is 2.69. The van der Waals surface area contributed by atoms with Gasteiger partial charge in [0.1, 0.15) is 5.82 Å². The average Bonchev–Trinajstić information content (AvgIpc) is 2.45. The topological polar surface area (TPSA) is 49.8 Å². The molecule has 0 amide bonds. The number of halogens is 3. The van der Waals surface area contributed by atoms with Gasteiger partial charge < -0.3 is 10.6 Å². The van der Waals surface area contributed by atoms with Gasteiger partial charge in [-0.25, -0.2) is 18.2 Å². The Morgan fingerprint density at radius 2 is 1.86 bits per heavy atom. The van der Waals surface area contributed by atoms with E-state index in [1.807, 2.05) is 6.92 Å². The Morgan fingerprint density at radius 1 is 1.10 bits per heavy atom. The Hall–Kier alpha value is -2.31. The fourth-order valence-corrected chi connectivity index (χ4v) is 1.71. The summed E-state index contributed by atoms with van der Waals surface area (Å²) in [6, 6.07) is 3.55. The van der Waals surface area contributed by atoms with Crippen molar-refractivity contribution in [3.05, 3.63) is 41.3 Å². The molecule has 7 heteroatoms. The quantitative estimate of drug-likeness (QED) is 0.825. The first-order chi connectivity index (χ1) is 10.0. The van der Waals surface area contributed by atoms with Crippen LogP contribution in [0.3, 0.4) is 0 Å². The molecule has 21 heavy (non-hydrogen) atoms. The van der Waals surface area contributed by atoms with E-state index in [1.54, 1.807) is 13.0 Å². The van der Waals surface area contributed by atoms with E-state index in [-0.39, 0.29) is 5.69 Å². The predicted octanol–water partition coefficient (Wildman–Crippen LogP) is 3.77. The van der Waals surface area contributed by atoms with Crippen molar-refractivity contribution in [1.29, 1.82) is 0 Å². The van der Waals surface area contributed by atoms with E-state index in [1.165, 1.54) is 0 Å². The van der Waals surface area contributed by atoms with Crippen LogP contribution in [0.15, 0.2) is 18.2 Å². The molecule has 0 saturated carbocycles. The summed E-state index contributed by atoms with van der Waals surface area (Å²) in [5, 5.41) is 5.63. The first-order valence-corrected chi connectivity index (χ1v) is 6.51. The second kappa shape index (κ2) is 6.43. The molecule has 0 spiro atoms. The van der Waals surface area contributed by atoms with Crippen LogP contribution in [0.2, 0.25) is 0 Å². The Morgan fingerprint density at radius 3 is 2.57 bits per heavy atom. The van der Waals surface area contributed by atoms with Crippen LogP contribution in [0, 0.1) is 24.4 Å². The van der Waals surface area contributed by atoms with Gasteiger partial charge in [-0.15, -0.1) is 0 Å². The van der Waals surface area contributed by atoms with Crippen molar-refractivity contribution in [2.75, 3.05) is 17.2 Å². The molecule has 1 heterocycles. The molecule has 0 aliphatic carbocycles. The summed E-state index contributed by atoms with van der Waals surface area (Å²) in [6.45, 7) is 4.45. The van der Waals surface area contributed by atoms with E-state index in [0.29, 0.717) is 24.0 Å². The van der Waals surface area contributed by atoms with Crippen molar-refractivity contribution in [2.45, 2.75) is 20.3 Å². The highest BCUT2D eigenvalue weighted by Crippen LogP contribution is 2.23. The van der Waals surface area contributed by atoms with Crippen LogP contribution in [0.4, 0.5) is 30.6 Å². The van der Waals surface area contributed by atoms with Crippen LogP contribution < -0.4 is 10.6 Å². The number of aromatic nitrogens is 2. The molecular formula is C14H15F3N4. The lowest BCUT2D eigenvalue weighted by atomic mass is 10.2. The lowest BCUT2D eigenvalue weighted by Gasteiger charge is -2.10. The molecule has 4 nitrogen and oxygen atoms in total. The molecule has 2 aromatic rings. The summed E-state index contributed by atoms with van der Waals surface area (Å²) < 4.78 is 39.7. The van der Waals surface area contributed by atoms with Crippen LogP contribution in [0.5, 0.6) is 0 Å². The number of nitrogens with zero attached hydrogens (tertiary/aromatic N) is 2. The van der Waals surface area contributed by atoms with Gasteiger partial charge in [-0.2, -0.15) is 4.98 Å². The lowest BCUT2D eigenvalue weighted by Crippen LogP contribution is -2.07. The second-order valence-corrected chi connectivity index (χ2v) is 4.49. The standard InChI is InChI=1S/C14H15F3N4/c1-3-6-18-14-19-8(2)7-11(21-14)20-10-5-4-9(15)12(16)13(10)17/h4-5,7H,3,6H2,1-2H3,(H2,18,19,20,21). The summed E-state index contributed by atoms with van der Waals surface area (Å²) in [6.07, 6.45) is 0.901. The van der Waals surface area contributed by atoms with E-state index in [0.717, 1.165) is 18.6 Å². The number of aryl methyl sites for hydroxylation is 1. The van der Waals surface area contributed by atoms with Gasteiger partial charge in [0.2, 0.25) is 5.95 Å². The molecule has 1 aromatic carbocycles. The molecule has 1 aromatic heterocycles. The van der Waals surface area contributed by atoms with E-state index >= 15 is 0 Å². The number of anilines is 3. The largest absolute Gasteiger partial charge is 0.354 e. The molecule has 0 fully saturated rings. The maximum Gasteiger partial charge on any atom is 0.224 e. The number of hydrogen-bond donors (Lipinski definition) is 2. The molecule has 0 aliphatic heterocycles. The third kappa shape index (κ3) is 3.62. The van der Waals surface area contributed by atoms with Crippen molar-refractivity contribution in [3.63, 3.8) is 0 Å². The van der Waals surface area contributed by atoms with Crippen molar-refractivity contribution in [3.8, 4) is 0 Å². The number of benzene rings is 1. The minimum atomic E-state index is -1.52. The molecular weight excluding hydrogens is 281 g/mol. The maximum atomic E-state index is 13.6. The van der Waals surface area contributed by atoms with E-state index < -0.39 is 17.5 Å². The molecule has 0 radical (unpaired) electrons. The zero-order valence-electron chi connectivity index (χ0n) is 11.7. The fourth-order valence-electron chi connectivity index (χ4n) is 1.71. The highest BCUT2D eigenvalue weighted by atomic mass is 19.2. The molecule has 2 rings (SSSR count). The van der Waals surface area contributed by atoms with Crippen LogP contribution in [0.1, 0.15) is 19.0 Å². The maximum absolute atomic E-state index is 13.6. The Bertz CT molecular complexity index is 646. The van der Waals surface area contributed by atoms with Crippen LogP contribution in [0.25, 0.3) is 0 Å². The SMILES string of the molecule is CCCNc1nc(C)cc(Nc2ccc(F)c(F)c2F)n1. The van der Waals surface area contributed by atoms with Crippen LogP contribution in [-0.2, 0) is 0 Å². The highest BCUT2D eigenvalue weighted by Gasteiger charge is 2.14. The van der Waals surface area contributed by atoms with Crippen molar-refractivity contribution < 1.29 is 13.2 Å². The Kier molecular flexibility index (Phi) is 4.62. The van der Waals surface area contributed by atoms with Gasteiger partial charge in [-0.05, 0) is 25.5 Å². The van der Waals surface area contributed by atoms with Gasteiger partial charge in [0.05, 0.1) is 5.69 Å². The normalized spacial score (nSPS) is 10.5. The van der Waals surface area contributed by atoms with Gasteiger partial charge in [-0.3, -0.25) is 0 Å². The van der Waals surface area contributed by atoms with Gasteiger partial charge in [-0.1, -0.05) is 6.92 Å². The zero-order valence-corrected chi connectivity index (χ0v) is 11.7. The molecule has 0 atom stereocenters. The second-order valence-electron chi connectivity index (χ2n) is 4.49. The lowest BCUT2D eigenvalue weighted by molar-refractivity contribution is 0.449. The van der Waals surface area contributed by atoms with E-state index in [9.17, 15) is 13.2 Å². The summed E-state index contributed by atoms with van der Waals surface area (Å²) in [5.74, 6) is -3.35. The zero-order chi connectivity index (χ0) is 15.4. The van der Waals surface area contributed by atoms with Crippen molar-refractivity contribution >= 4 is 17.5 Å². The van der Waals surface area contributed by atoms with Crippen LogP contribution >= 0.6 is 0 Å². The molecule has 0 aliphatic rings. The summed E-state index contributed by atoms with van der Waals surface area (Å²) >= 11 is 0. The minimum Gasteiger partial charge on any atom is -0.354 e.